The van der Waals surface area contributed by atoms with Crippen LogP contribution in [0.25, 0.3) is 0 Å². The second kappa shape index (κ2) is 23.3. The van der Waals surface area contributed by atoms with E-state index in [1.807, 2.05) is 44.0 Å². The van der Waals surface area contributed by atoms with Gasteiger partial charge in [-0.3, -0.25) is 24.1 Å². The molecule has 5 N–H and O–H groups in total. The molecule has 58 heavy (non-hydrogen) atoms. The highest BCUT2D eigenvalue weighted by Gasteiger charge is 2.39. The Morgan fingerprint density at radius 1 is 1.09 bits per heavy atom. The fourth-order valence-corrected chi connectivity index (χ4v) is 9.05. The van der Waals surface area contributed by atoms with Gasteiger partial charge in [-0.25, -0.2) is 4.98 Å². The number of likely N-dealkylation sites (N-methyl/N-ethyl adjacent to an activating group) is 1. The summed E-state index contributed by atoms with van der Waals surface area (Å²) in [5.41, 5.74) is 7.42. The van der Waals surface area contributed by atoms with Gasteiger partial charge in [0.15, 0.2) is 0 Å². The van der Waals surface area contributed by atoms with E-state index in [0.717, 1.165) is 63.5 Å². The van der Waals surface area contributed by atoms with Gasteiger partial charge in [-0.1, -0.05) is 60.5 Å². The lowest BCUT2D eigenvalue weighted by Crippen LogP contribution is -2.58. The molecule has 324 valence electrons. The normalized spacial score (nSPS) is 20.4. The van der Waals surface area contributed by atoms with Crippen LogP contribution in [-0.4, -0.2) is 108 Å². The first-order valence-corrected chi connectivity index (χ1v) is 22.6. The summed E-state index contributed by atoms with van der Waals surface area (Å²) in [5.74, 6) is -1.62. The Labute approximate surface area is 350 Å². The summed E-state index contributed by atoms with van der Waals surface area (Å²) < 4.78 is 12.3. The number of likely N-dealkylation sites (tertiary alicyclic amines) is 1. The van der Waals surface area contributed by atoms with Crippen LogP contribution in [0.15, 0.2) is 23.6 Å². The molecule has 1 fully saturated rings. The van der Waals surface area contributed by atoms with Crippen molar-refractivity contribution in [2.75, 3.05) is 39.9 Å². The highest BCUT2D eigenvalue weighted by Crippen LogP contribution is 2.36. The molecule has 0 saturated carbocycles. The maximum atomic E-state index is 14.7. The van der Waals surface area contributed by atoms with Crippen molar-refractivity contribution in [3.05, 3.63) is 45.4 Å². The molecule has 3 amide bonds. The molecule has 0 spiro atoms. The number of carbonyl (C=O) groups is 4. The predicted molar refractivity (Wildman–Crippen MR) is 228 cm³/mol. The van der Waals surface area contributed by atoms with Crippen LogP contribution in [0, 0.1) is 11.8 Å². The van der Waals surface area contributed by atoms with Gasteiger partial charge in [-0.05, 0) is 107 Å². The monoisotopic (exact) mass is 827 g/mol. The average Bonchev–Trinajstić information content (AvgIpc) is 3.71. The van der Waals surface area contributed by atoms with E-state index in [1.165, 1.54) is 11.3 Å². The van der Waals surface area contributed by atoms with Crippen molar-refractivity contribution in [2.45, 2.75) is 148 Å². The number of fused-ring (bicyclic) bond motifs is 1. The number of carboxylic acid groups (broad SMARTS) is 1. The van der Waals surface area contributed by atoms with Crippen LogP contribution in [-0.2, 0) is 25.5 Å². The highest BCUT2D eigenvalue weighted by atomic mass is 32.1. The van der Waals surface area contributed by atoms with E-state index in [0.29, 0.717) is 55.5 Å². The van der Waals surface area contributed by atoms with Crippen molar-refractivity contribution in [3.63, 3.8) is 0 Å². The van der Waals surface area contributed by atoms with E-state index in [4.69, 9.17) is 20.2 Å². The number of aliphatic carboxylic acids is 1. The summed E-state index contributed by atoms with van der Waals surface area (Å²) >= 11 is 1.35. The summed E-state index contributed by atoms with van der Waals surface area (Å²) in [6.07, 6.45) is 7.54. The van der Waals surface area contributed by atoms with Gasteiger partial charge in [0, 0.05) is 37.0 Å². The van der Waals surface area contributed by atoms with E-state index in [1.54, 1.807) is 5.38 Å². The second-order valence-electron chi connectivity index (χ2n) is 16.6. The molecule has 4 rings (SSSR count). The first kappa shape index (κ1) is 47.1. The third kappa shape index (κ3) is 12.7. The Bertz CT molecular complexity index is 1640. The molecule has 2 aliphatic rings. The number of nitrogens with two attached hydrogens (primary N) is 1. The molecule has 13 nitrogen and oxygen atoms in total. The highest BCUT2D eigenvalue weighted by molar-refractivity contribution is 7.09. The van der Waals surface area contributed by atoms with E-state index < -0.39 is 30.1 Å². The minimum absolute atomic E-state index is 0.0591. The molecule has 2 aromatic rings. The molecule has 0 bridgehead atoms. The molecule has 1 saturated heterocycles. The number of piperidine rings is 1. The largest absolute Gasteiger partial charge is 0.494 e. The number of nitrogens with one attached hydrogen (secondary N) is 2. The number of ether oxygens (including phenoxy) is 2. The first-order valence-electron chi connectivity index (χ1n) is 21.7. The van der Waals surface area contributed by atoms with Crippen molar-refractivity contribution < 1.29 is 33.8 Å². The van der Waals surface area contributed by atoms with E-state index in [9.17, 15) is 24.3 Å². The van der Waals surface area contributed by atoms with Gasteiger partial charge in [0.05, 0.1) is 18.6 Å². The van der Waals surface area contributed by atoms with Crippen molar-refractivity contribution >= 4 is 35.0 Å². The minimum Gasteiger partial charge on any atom is -0.494 e. The molecule has 7 atom stereocenters. The standard InChI is InChI=1S/C44H70N6O7S/c1-8-19-50(43(53)39(29(6)10-3)48-41(52)36-15-11-13-20-49(36)7)37(28(4)5)26-38(57-21-9-2)42-47-35(27-58-42)40(51)46-31-23-30-16-17-32(56-22-14-12-18-45)25-33(30)34(24-31)44(54)55/h16-17,25,27-29,31,34,36-39H,8-15,18-24,26,45H2,1-7H3,(H,46,51)(H,48,52)(H,54,55)/t29-,31?,34+,36+,37+,38+,39-/m0/s1. The number of amides is 3. The van der Waals surface area contributed by atoms with Crippen molar-refractivity contribution in [2.24, 2.45) is 17.6 Å². The summed E-state index contributed by atoms with van der Waals surface area (Å²) in [7, 11) is 1.98. The van der Waals surface area contributed by atoms with Crippen LogP contribution >= 0.6 is 11.3 Å². The molecule has 1 aromatic heterocycles. The van der Waals surface area contributed by atoms with Gasteiger partial charge >= 0.3 is 5.97 Å². The van der Waals surface area contributed by atoms with Crippen LogP contribution in [0.3, 0.4) is 0 Å². The zero-order valence-electron chi connectivity index (χ0n) is 36.0. The number of nitrogens with zero attached hydrogens (tertiary/aromatic N) is 3. The fourth-order valence-electron chi connectivity index (χ4n) is 8.19. The zero-order valence-corrected chi connectivity index (χ0v) is 36.8. The zero-order chi connectivity index (χ0) is 42.4. The summed E-state index contributed by atoms with van der Waals surface area (Å²) in [4.78, 5) is 63.3. The maximum absolute atomic E-state index is 14.7. The van der Waals surface area contributed by atoms with E-state index in [2.05, 4.69) is 43.2 Å². The quantitative estimate of drug-likeness (QED) is 0.0930. The average molecular weight is 827 g/mol. The molecular formula is C44H70N6O7S. The third-order valence-electron chi connectivity index (χ3n) is 11.8. The van der Waals surface area contributed by atoms with Gasteiger partial charge in [-0.15, -0.1) is 11.3 Å². The van der Waals surface area contributed by atoms with Gasteiger partial charge in [0.2, 0.25) is 11.8 Å². The predicted octanol–water partition coefficient (Wildman–Crippen LogP) is 6.31. The molecule has 1 unspecified atom stereocenters. The second-order valence-corrected chi connectivity index (χ2v) is 17.5. The number of carbonyl (C=O) groups excluding carboxylic acids is 3. The maximum Gasteiger partial charge on any atom is 0.311 e. The van der Waals surface area contributed by atoms with Crippen LogP contribution in [0.1, 0.15) is 144 Å². The lowest BCUT2D eigenvalue weighted by molar-refractivity contribution is -0.143. The molecular weight excluding hydrogens is 757 g/mol. The fraction of sp³-hybridized carbons (Fsp3) is 0.705. The number of benzene rings is 1. The number of thiazole rings is 1. The van der Waals surface area contributed by atoms with Crippen molar-refractivity contribution in [3.8, 4) is 5.75 Å². The molecule has 1 aliphatic heterocycles. The Morgan fingerprint density at radius 2 is 1.86 bits per heavy atom. The van der Waals surface area contributed by atoms with Crippen molar-refractivity contribution in [1.29, 1.82) is 0 Å². The Hall–Kier alpha value is -3.59. The number of hydrogen-bond acceptors (Lipinski definition) is 10. The number of hydrogen-bond donors (Lipinski definition) is 4. The lowest BCUT2D eigenvalue weighted by Gasteiger charge is -2.40. The Balaban J connectivity index is 1.51. The smallest absolute Gasteiger partial charge is 0.311 e. The van der Waals surface area contributed by atoms with Gasteiger partial charge < -0.3 is 35.8 Å². The van der Waals surface area contributed by atoms with E-state index >= 15 is 0 Å². The molecule has 2 heterocycles. The Morgan fingerprint density at radius 3 is 2.52 bits per heavy atom. The van der Waals surface area contributed by atoms with Crippen LogP contribution in [0.5, 0.6) is 5.75 Å². The van der Waals surface area contributed by atoms with Gasteiger partial charge in [0.25, 0.3) is 5.91 Å². The van der Waals surface area contributed by atoms with Crippen LogP contribution in [0.2, 0.25) is 0 Å². The molecule has 0 radical (unpaired) electrons. The summed E-state index contributed by atoms with van der Waals surface area (Å²) in [5, 5.41) is 18.8. The lowest BCUT2D eigenvalue weighted by atomic mass is 9.80. The van der Waals surface area contributed by atoms with Crippen molar-refractivity contribution in [1.82, 2.24) is 25.4 Å². The van der Waals surface area contributed by atoms with Gasteiger partial charge in [0.1, 0.15) is 28.6 Å². The third-order valence-corrected chi connectivity index (χ3v) is 12.7. The minimum atomic E-state index is -0.947. The number of aromatic nitrogens is 1. The van der Waals surface area contributed by atoms with Crippen LogP contribution < -0.4 is 21.1 Å². The first-order chi connectivity index (χ1) is 27.8. The number of carboxylic acids is 1. The van der Waals surface area contributed by atoms with Crippen LogP contribution in [0.4, 0.5) is 0 Å². The Kier molecular flexibility index (Phi) is 18.9. The molecule has 1 aliphatic carbocycles. The topological polar surface area (TPSA) is 176 Å². The molecule has 1 aromatic carbocycles. The van der Waals surface area contributed by atoms with Gasteiger partial charge in [-0.2, -0.15) is 0 Å². The summed E-state index contributed by atoms with van der Waals surface area (Å²) in [6.45, 7) is 15.4. The van der Waals surface area contributed by atoms with E-state index in [-0.39, 0.29) is 53.8 Å². The number of rotatable bonds is 23. The number of unbranched alkanes of at least 4 members (excludes halogenated alkanes) is 1. The SMILES string of the molecule is CCCO[C@H](C[C@H](C(C)C)N(CCC)C(=O)[C@@H](NC(=O)[C@H]1CCCCN1C)[C@@H](C)CC)c1nc(C(=O)NC2Cc3ccc(OCCCCN)cc3[C@H](C(=O)O)C2)cs1. The summed E-state index contributed by atoms with van der Waals surface area (Å²) in [6, 6.07) is 4.05. The molecule has 14 heteroatoms.